The number of rotatable bonds is 6. The molecule has 0 aliphatic carbocycles. The predicted octanol–water partition coefficient (Wildman–Crippen LogP) is 4.81. The van der Waals surface area contributed by atoms with E-state index in [1.165, 1.54) is 25.7 Å². The van der Waals surface area contributed by atoms with Crippen LogP contribution in [-0.2, 0) is 0 Å². The summed E-state index contributed by atoms with van der Waals surface area (Å²) < 4.78 is 0. The maximum absolute atomic E-state index is 9.62. The molecule has 102 valence electrons. The van der Waals surface area contributed by atoms with Gasteiger partial charge in [-0.05, 0) is 41.9 Å². The largest absolute Gasteiger partial charge is 0.504 e. The van der Waals surface area contributed by atoms with E-state index in [1.807, 2.05) is 6.07 Å². The van der Waals surface area contributed by atoms with Gasteiger partial charge >= 0.3 is 0 Å². The number of hydrogen-bond acceptors (Lipinski definition) is 2. The minimum Gasteiger partial charge on any atom is -0.504 e. The summed E-state index contributed by atoms with van der Waals surface area (Å²) in [5, 5.41) is 19.0. The molecule has 1 aromatic carbocycles. The summed E-state index contributed by atoms with van der Waals surface area (Å²) in [6.45, 7) is 8.98. The zero-order valence-corrected chi connectivity index (χ0v) is 12.0. The van der Waals surface area contributed by atoms with Crippen LogP contribution in [0.5, 0.6) is 11.5 Å². The molecule has 2 heteroatoms. The van der Waals surface area contributed by atoms with Crippen LogP contribution in [0.15, 0.2) is 18.2 Å². The van der Waals surface area contributed by atoms with Crippen molar-refractivity contribution in [1.82, 2.24) is 0 Å². The average molecular weight is 250 g/mol. The summed E-state index contributed by atoms with van der Waals surface area (Å²) in [6, 6.07) is 5.20. The highest BCUT2D eigenvalue weighted by atomic mass is 16.3. The fourth-order valence-corrected chi connectivity index (χ4v) is 2.91. The number of hydrogen-bond donors (Lipinski definition) is 2. The molecule has 0 radical (unpaired) electrons. The molecule has 0 fully saturated rings. The molecule has 1 aromatic rings. The normalized spacial score (nSPS) is 13.6. The van der Waals surface area contributed by atoms with E-state index in [9.17, 15) is 10.2 Å². The van der Waals surface area contributed by atoms with Crippen LogP contribution in [0.25, 0.3) is 0 Å². The maximum Gasteiger partial charge on any atom is 0.157 e. The zero-order valence-electron chi connectivity index (χ0n) is 12.0. The van der Waals surface area contributed by atoms with Crippen molar-refractivity contribution in [2.45, 2.75) is 59.3 Å². The Hall–Kier alpha value is -1.18. The predicted molar refractivity (Wildman–Crippen MR) is 76.1 cm³/mol. The van der Waals surface area contributed by atoms with E-state index in [-0.39, 0.29) is 16.9 Å². The molecule has 0 spiro atoms. The molecule has 2 N–H and O–H groups in total. The summed E-state index contributed by atoms with van der Waals surface area (Å²) in [4.78, 5) is 0. The summed E-state index contributed by atoms with van der Waals surface area (Å²) in [5.41, 5.74) is 1.36. The Morgan fingerprint density at radius 2 is 1.61 bits per heavy atom. The minimum absolute atomic E-state index is 0.0188. The Kier molecular flexibility index (Phi) is 5.06. The van der Waals surface area contributed by atoms with Gasteiger partial charge in [-0.15, -0.1) is 0 Å². The van der Waals surface area contributed by atoms with Crippen LogP contribution >= 0.6 is 0 Å². The summed E-state index contributed by atoms with van der Waals surface area (Å²) in [7, 11) is 0. The summed E-state index contributed by atoms with van der Waals surface area (Å²) in [5.74, 6) is 0.317. The monoisotopic (exact) mass is 250 g/mol. The van der Waals surface area contributed by atoms with Gasteiger partial charge in [0.15, 0.2) is 11.5 Å². The molecule has 1 atom stereocenters. The summed E-state index contributed by atoms with van der Waals surface area (Å²) >= 11 is 0. The SMILES string of the molecule is CCCC(C)(CCC)C(C)c1ccc(O)c(O)c1. The Bertz CT molecular complexity index is 379. The van der Waals surface area contributed by atoms with Gasteiger partial charge in [-0.2, -0.15) is 0 Å². The molecule has 0 heterocycles. The third-order valence-corrected chi connectivity index (χ3v) is 4.19. The van der Waals surface area contributed by atoms with Gasteiger partial charge in [-0.3, -0.25) is 0 Å². The Labute approximate surface area is 111 Å². The topological polar surface area (TPSA) is 40.5 Å². The lowest BCUT2D eigenvalue weighted by molar-refractivity contribution is 0.217. The lowest BCUT2D eigenvalue weighted by atomic mass is 9.69. The van der Waals surface area contributed by atoms with Gasteiger partial charge in [0.1, 0.15) is 0 Å². The second-order valence-corrected chi connectivity index (χ2v) is 5.62. The van der Waals surface area contributed by atoms with Crippen molar-refractivity contribution >= 4 is 0 Å². The fourth-order valence-electron chi connectivity index (χ4n) is 2.91. The van der Waals surface area contributed by atoms with Crippen LogP contribution in [0.2, 0.25) is 0 Å². The first kappa shape index (κ1) is 14.9. The molecule has 0 bridgehead atoms. The first-order valence-corrected chi connectivity index (χ1v) is 6.96. The highest BCUT2D eigenvalue weighted by Crippen LogP contribution is 2.44. The van der Waals surface area contributed by atoms with Crippen molar-refractivity contribution in [2.75, 3.05) is 0 Å². The van der Waals surface area contributed by atoms with Gasteiger partial charge in [0.25, 0.3) is 0 Å². The maximum atomic E-state index is 9.62. The molecule has 0 amide bonds. The van der Waals surface area contributed by atoms with Crippen LogP contribution in [-0.4, -0.2) is 10.2 Å². The van der Waals surface area contributed by atoms with Crippen molar-refractivity contribution in [3.63, 3.8) is 0 Å². The van der Waals surface area contributed by atoms with Gasteiger partial charge < -0.3 is 10.2 Å². The second-order valence-electron chi connectivity index (χ2n) is 5.62. The molecule has 0 saturated carbocycles. The molecule has 0 saturated heterocycles. The van der Waals surface area contributed by atoms with Crippen molar-refractivity contribution in [1.29, 1.82) is 0 Å². The van der Waals surface area contributed by atoms with E-state index in [0.29, 0.717) is 5.92 Å². The average Bonchev–Trinajstić information content (AvgIpc) is 2.32. The third-order valence-electron chi connectivity index (χ3n) is 4.19. The standard InChI is InChI=1S/C16H26O2/c1-5-9-16(4,10-6-2)12(3)13-7-8-14(17)15(18)11-13/h7-8,11-12,17-18H,5-6,9-10H2,1-4H3. The van der Waals surface area contributed by atoms with Crippen LogP contribution < -0.4 is 0 Å². The highest BCUT2D eigenvalue weighted by Gasteiger charge is 2.30. The Morgan fingerprint density at radius 3 is 2.06 bits per heavy atom. The minimum atomic E-state index is -0.0429. The van der Waals surface area contributed by atoms with E-state index in [0.717, 1.165) is 5.56 Å². The van der Waals surface area contributed by atoms with Crippen LogP contribution in [0.4, 0.5) is 0 Å². The third kappa shape index (κ3) is 3.18. The molecule has 0 aromatic heterocycles. The molecule has 18 heavy (non-hydrogen) atoms. The highest BCUT2D eigenvalue weighted by molar-refractivity contribution is 5.42. The van der Waals surface area contributed by atoms with Gasteiger partial charge in [0.2, 0.25) is 0 Å². The molecule has 1 rings (SSSR count). The zero-order chi connectivity index (χ0) is 13.8. The first-order valence-electron chi connectivity index (χ1n) is 6.96. The second kappa shape index (κ2) is 6.12. The van der Waals surface area contributed by atoms with E-state index >= 15 is 0 Å². The Morgan fingerprint density at radius 1 is 1.06 bits per heavy atom. The van der Waals surface area contributed by atoms with Crippen LogP contribution in [0.1, 0.15) is 64.9 Å². The van der Waals surface area contributed by atoms with Crippen molar-refractivity contribution in [3.05, 3.63) is 23.8 Å². The molecular formula is C16H26O2. The van der Waals surface area contributed by atoms with Gasteiger partial charge in [0, 0.05) is 0 Å². The van der Waals surface area contributed by atoms with Crippen molar-refractivity contribution < 1.29 is 10.2 Å². The smallest absolute Gasteiger partial charge is 0.157 e. The molecule has 2 nitrogen and oxygen atoms in total. The van der Waals surface area contributed by atoms with E-state index in [1.54, 1.807) is 12.1 Å². The van der Waals surface area contributed by atoms with E-state index in [2.05, 4.69) is 27.7 Å². The Balaban J connectivity index is 3.01. The molecule has 0 aliphatic heterocycles. The number of phenols is 2. The van der Waals surface area contributed by atoms with Gasteiger partial charge in [0.05, 0.1) is 0 Å². The number of benzene rings is 1. The van der Waals surface area contributed by atoms with Crippen LogP contribution in [0.3, 0.4) is 0 Å². The molecule has 0 aliphatic rings. The van der Waals surface area contributed by atoms with E-state index < -0.39 is 0 Å². The van der Waals surface area contributed by atoms with Crippen LogP contribution in [0, 0.1) is 5.41 Å². The summed E-state index contributed by atoms with van der Waals surface area (Å²) in [6.07, 6.45) is 4.71. The van der Waals surface area contributed by atoms with Crippen molar-refractivity contribution in [3.8, 4) is 11.5 Å². The fraction of sp³-hybridized carbons (Fsp3) is 0.625. The number of aromatic hydroxyl groups is 2. The lowest BCUT2D eigenvalue weighted by Gasteiger charge is -2.36. The number of phenolic OH excluding ortho intramolecular Hbond substituents is 2. The van der Waals surface area contributed by atoms with E-state index in [4.69, 9.17) is 0 Å². The molecular weight excluding hydrogens is 224 g/mol. The molecule has 1 unspecified atom stereocenters. The van der Waals surface area contributed by atoms with Gasteiger partial charge in [-0.25, -0.2) is 0 Å². The quantitative estimate of drug-likeness (QED) is 0.711. The first-order chi connectivity index (χ1) is 8.44. The lowest BCUT2D eigenvalue weighted by Crippen LogP contribution is -2.23. The van der Waals surface area contributed by atoms with Crippen molar-refractivity contribution in [2.24, 2.45) is 5.41 Å². The van der Waals surface area contributed by atoms with Gasteiger partial charge in [-0.1, -0.05) is 46.6 Å².